The van der Waals surface area contributed by atoms with Crippen molar-refractivity contribution >= 4 is 36.6 Å². The molecular weight excluding hydrogens is 365 g/mol. The lowest BCUT2D eigenvalue weighted by atomic mass is 10.2. The minimum absolute atomic E-state index is 0.201. The summed E-state index contributed by atoms with van der Waals surface area (Å²) in [6, 6.07) is 10.1. The van der Waals surface area contributed by atoms with Crippen LogP contribution in [-0.4, -0.2) is 19.8 Å². The lowest BCUT2D eigenvalue weighted by Crippen LogP contribution is -2.02. The first-order valence-corrected chi connectivity index (χ1v) is 9.01. The fraction of sp³-hybridized carbons (Fsp3) is 0.0769. The minimum atomic E-state index is -4.87. The van der Waals surface area contributed by atoms with E-state index in [0.717, 1.165) is 17.8 Å². The Balaban J connectivity index is 2.47. The van der Waals surface area contributed by atoms with Crippen LogP contribution in [0.25, 0.3) is 0 Å². The summed E-state index contributed by atoms with van der Waals surface area (Å²) in [6.07, 6.45) is 0. The van der Waals surface area contributed by atoms with Gasteiger partial charge in [-0.05, 0) is 30.3 Å². The third kappa shape index (κ3) is 4.54. The van der Waals surface area contributed by atoms with Crippen molar-refractivity contribution < 1.29 is 24.4 Å². The van der Waals surface area contributed by atoms with E-state index in [1.54, 1.807) is 24.3 Å². The smallest absolute Gasteiger partial charge is 0.358 e. The van der Waals surface area contributed by atoms with Crippen LogP contribution in [0.1, 0.15) is 11.4 Å². The van der Waals surface area contributed by atoms with Gasteiger partial charge in [-0.15, -0.1) is 0 Å². The molecule has 122 valence electrons. The number of hydrogen-bond acceptors (Lipinski definition) is 5. The van der Waals surface area contributed by atoms with Crippen LogP contribution in [0.5, 0.6) is 0 Å². The average molecular weight is 376 g/mol. The molecule has 0 heterocycles. The van der Waals surface area contributed by atoms with Gasteiger partial charge in [-0.3, -0.25) is 14.7 Å². The van der Waals surface area contributed by atoms with Crippen molar-refractivity contribution in [2.24, 2.45) is 0 Å². The van der Waals surface area contributed by atoms with E-state index in [0.29, 0.717) is 14.8 Å². The summed E-state index contributed by atoms with van der Waals surface area (Å²) in [7, 11) is -4.87. The molecule has 0 radical (unpaired) electrons. The number of nitro groups is 1. The first-order chi connectivity index (χ1) is 10.7. The summed E-state index contributed by atoms with van der Waals surface area (Å²) in [5, 5.41) is 21.2. The Hall–Kier alpha value is -1.41. The lowest BCUT2D eigenvalue weighted by molar-refractivity contribution is -0.385. The summed E-state index contributed by atoms with van der Waals surface area (Å²) in [5.74, 6) is -2.14. The van der Waals surface area contributed by atoms with Crippen molar-refractivity contribution in [3.8, 4) is 0 Å². The van der Waals surface area contributed by atoms with E-state index in [1.807, 2.05) is 0 Å². The first-order valence-electron chi connectivity index (χ1n) is 6.13. The SMILES string of the molecule is O=[N+]([O-])c1ccc(Sc2ccc(Cl)cc2)c(C(O)P(=O)(O)O)c1. The van der Waals surface area contributed by atoms with Crippen LogP contribution in [-0.2, 0) is 4.57 Å². The molecule has 0 aromatic heterocycles. The largest absolute Gasteiger partial charge is 0.376 e. The van der Waals surface area contributed by atoms with Gasteiger partial charge in [0.05, 0.1) is 4.92 Å². The molecule has 0 saturated heterocycles. The third-order valence-electron chi connectivity index (χ3n) is 2.84. The van der Waals surface area contributed by atoms with Crippen LogP contribution in [0.2, 0.25) is 5.02 Å². The maximum Gasteiger partial charge on any atom is 0.358 e. The van der Waals surface area contributed by atoms with Crippen LogP contribution < -0.4 is 0 Å². The summed E-state index contributed by atoms with van der Waals surface area (Å²) < 4.78 is 11.3. The van der Waals surface area contributed by atoms with Crippen LogP contribution in [0, 0.1) is 10.1 Å². The molecule has 7 nitrogen and oxygen atoms in total. The summed E-state index contributed by atoms with van der Waals surface area (Å²) in [5.41, 5.74) is -0.569. The Morgan fingerprint density at radius 2 is 1.78 bits per heavy atom. The van der Waals surface area contributed by atoms with Gasteiger partial charge >= 0.3 is 7.60 Å². The molecule has 3 N–H and O–H groups in total. The highest BCUT2D eigenvalue weighted by Crippen LogP contribution is 2.52. The zero-order valence-corrected chi connectivity index (χ0v) is 13.8. The van der Waals surface area contributed by atoms with E-state index in [9.17, 15) is 19.8 Å². The second-order valence-electron chi connectivity index (χ2n) is 4.50. The molecule has 0 aliphatic rings. The number of nitrogens with zero attached hydrogens (tertiary/aromatic N) is 1. The Morgan fingerprint density at radius 1 is 1.17 bits per heavy atom. The fourth-order valence-electron chi connectivity index (χ4n) is 1.75. The Bertz CT molecular complexity index is 779. The van der Waals surface area contributed by atoms with Gasteiger partial charge in [0, 0.05) is 32.5 Å². The molecule has 10 heteroatoms. The van der Waals surface area contributed by atoms with Crippen LogP contribution in [0.15, 0.2) is 52.3 Å². The standard InChI is InChI=1S/C13H11ClNO6PS/c14-8-1-4-10(5-2-8)23-12-6-3-9(15(17)18)7-11(12)13(16)22(19,20)21/h1-7,13,16H,(H2,19,20,21). The summed E-state index contributed by atoms with van der Waals surface area (Å²) >= 11 is 6.89. The Labute approximate surface area is 140 Å². The quantitative estimate of drug-likeness (QED) is 0.415. The van der Waals surface area contributed by atoms with E-state index >= 15 is 0 Å². The maximum absolute atomic E-state index is 11.3. The van der Waals surface area contributed by atoms with Gasteiger partial charge in [0.1, 0.15) is 0 Å². The van der Waals surface area contributed by atoms with Crippen molar-refractivity contribution in [1.29, 1.82) is 0 Å². The number of benzene rings is 2. The van der Waals surface area contributed by atoms with Crippen LogP contribution in [0.3, 0.4) is 0 Å². The van der Waals surface area contributed by atoms with Gasteiger partial charge < -0.3 is 14.9 Å². The van der Waals surface area contributed by atoms with Crippen molar-refractivity contribution in [3.05, 3.63) is 63.2 Å². The number of nitro benzene ring substituents is 1. The van der Waals surface area contributed by atoms with Gasteiger partial charge in [-0.1, -0.05) is 23.4 Å². The molecular formula is C13H11ClNO6PS. The molecule has 0 amide bonds. The molecule has 0 saturated carbocycles. The minimum Gasteiger partial charge on any atom is -0.376 e. The van der Waals surface area contributed by atoms with E-state index in [4.69, 9.17) is 21.4 Å². The zero-order chi connectivity index (χ0) is 17.2. The zero-order valence-electron chi connectivity index (χ0n) is 11.4. The fourth-order valence-corrected chi connectivity index (χ4v) is 3.49. The predicted octanol–water partition coefficient (Wildman–Crippen LogP) is 3.57. The highest BCUT2D eigenvalue weighted by atomic mass is 35.5. The Morgan fingerprint density at radius 3 is 2.30 bits per heavy atom. The highest BCUT2D eigenvalue weighted by Gasteiger charge is 2.31. The van der Waals surface area contributed by atoms with Gasteiger partial charge in [0.2, 0.25) is 0 Å². The van der Waals surface area contributed by atoms with Gasteiger partial charge in [-0.2, -0.15) is 0 Å². The van der Waals surface area contributed by atoms with E-state index in [2.05, 4.69) is 0 Å². The van der Waals surface area contributed by atoms with Crippen LogP contribution in [0.4, 0.5) is 5.69 Å². The highest BCUT2D eigenvalue weighted by molar-refractivity contribution is 7.99. The lowest BCUT2D eigenvalue weighted by Gasteiger charge is -2.16. The number of non-ortho nitro benzene ring substituents is 1. The third-order valence-corrected chi connectivity index (χ3v) is 5.11. The number of hydrogen-bond donors (Lipinski definition) is 3. The summed E-state index contributed by atoms with van der Waals surface area (Å²) in [6.45, 7) is 0. The maximum atomic E-state index is 11.3. The second-order valence-corrected chi connectivity index (χ2v) is 7.72. The number of aliphatic hydroxyl groups excluding tert-OH is 1. The molecule has 2 aromatic rings. The molecule has 0 aliphatic carbocycles. The number of aliphatic hydroxyl groups is 1. The van der Waals surface area contributed by atoms with E-state index in [1.165, 1.54) is 12.1 Å². The number of rotatable bonds is 5. The predicted molar refractivity (Wildman–Crippen MR) is 85.7 cm³/mol. The van der Waals surface area contributed by atoms with Gasteiger partial charge in [0.15, 0.2) is 5.85 Å². The normalized spacial score (nSPS) is 12.9. The van der Waals surface area contributed by atoms with E-state index < -0.39 is 18.4 Å². The molecule has 2 rings (SSSR count). The van der Waals surface area contributed by atoms with Crippen molar-refractivity contribution in [1.82, 2.24) is 0 Å². The van der Waals surface area contributed by atoms with Crippen molar-refractivity contribution in [2.75, 3.05) is 0 Å². The second kappa shape index (κ2) is 7.00. The van der Waals surface area contributed by atoms with E-state index in [-0.39, 0.29) is 11.3 Å². The van der Waals surface area contributed by atoms with Crippen molar-refractivity contribution in [3.63, 3.8) is 0 Å². The molecule has 0 spiro atoms. The molecule has 0 fully saturated rings. The molecule has 0 bridgehead atoms. The molecule has 1 atom stereocenters. The molecule has 2 aromatic carbocycles. The summed E-state index contributed by atoms with van der Waals surface area (Å²) in [4.78, 5) is 29.5. The Kier molecular flexibility index (Phi) is 5.46. The monoisotopic (exact) mass is 375 g/mol. The van der Waals surface area contributed by atoms with Crippen LogP contribution >= 0.6 is 31.0 Å². The molecule has 23 heavy (non-hydrogen) atoms. The average Bonchev–Trinajstić information content (AvgIpc) is 2.48. The van der Waals surface area contributed by atoms with Gasteiger partial charge in [0.25, 0.3) is 5.69 Å². The van der Waals surface area contributed by atoms with Crippen molar-refractivity contribution in [2.45, 2.75) is 15.6 Å². The van der Waals surface area contributed by atoms with Gasteiger partial charge in [-0.25, -0.2) is 0 Å². The number of halogens is 1. The molecule has 1 unspecified atom stereocenters. The first kappa shape index (κ1) is 17.9. The molecule has 0 aliphatic heterocycles. The topological polar surface area (TPSA) is 121 Å².